The molecule has 0 aromatic heterocycles. The monoisotopic (exact) mass is 462 g/mol. The van der Waals surface area contributed by atoms with Gasteiger partial charge in [-0.1, -0.05) is 20.8 Å². The average Bonchev–Trinajstić information content (AvgIpc) is 2.71. The van der Waals surface area contributed by atoms with E-state index in [2.05, 4.69) is 31.4 Å². The molecule has 1 amide bonds. The van der Waals surface area contributed by atoms with Crippen LogP contribution in [0.25, 0.3) is 0 Å². The first-order valence-corrected chi connectivity index (χ1v) is 10.5. The second kappa shape index (κ2) is 15.1. The van der Waals surface area contributed by atoms with Crippen LogP contribution in [-0.2, 0) is 23.7 Å². The zero-order valence-corrected chi connectivity index (χ0v) is 19.5. The molecule has 12 heteroatoms. The molecule has 12 nitrogen and oxygen atoms in total. The number of alkyl carbamates (subject to hydrolysis) is 1. The Kier molecular flexibility index (Phi) is 13.8. The smallest absolute Gasteiger partial charge is 0.463 e. The number of ether oxygens (including phenoxy) is 4. The number of hydrogen-bond acceptors (Lipinski definition) is 9. The van der Waals surface area contributed by atoms with E-state index in [-0.39, 0.29) is 44.2 Å². The van der Waals surface area contributed by atoms with Gasteiger partial charge < -0.3 is 40.4 Å². The van der Waals surface area contributed by atoms with Gasteiger partial charge in [0.15, 0.2) is 5.96 Å². The lowest BCUT2D eigenvalue weighted by atomic mass is 9.91. The van der Waals surface area contributed by atoms with Gasteiger partial charge in [-0.25, -0.2) is 9.59 Å². The van der Waals surface area contributed by atoms with E-state index in [0.717, 1.165) is 12.8 Å². The summed E-state index contributed by atoms with van der Waals surface area (Å²) in [5.74, 6) is -1.04. The Morgan fingerprint density at radius 1 is 0.906 bits per heavy atom. The van der Waals surface area contributed by atoms with Crippen LogP contribution in [0.15, 0.2) is 0 Å². The van der Waals surface area contributed by atoms with Crippen molar-refractivity contribution >= 4 is 24.2 Å². The van der Waals surface area contributed by atoms with Gasteiger partial charge in [-0.3, -0.25) is 10.2 Å². The number of aliphatic hydroxyl groups is 1. The standard InChI is InChI=1S/C20H38N4O8/c1-19(2,3)7-5-8-24-17(27)30-10-6-11-31-18(28)32-14-20(4,13-25)15(26)29-12-9-23-16(21)22/h25H,5-14H2,1-4H3,(H,24,27)(H4,21,22,23). The fraction of sp³-hybridized carbons (Fsp3) is 0.800. The maximum Gasteiger partial charge on any atom is 0.508 e. The van der Waals surface area contributed by atoms with E-state index in [1.54, 1.807) is 0 Å². The first-order valence-electron chi connectivity index (χ1n) is 10.5. The van der Waals surface area contributed by atoms with E-state index in [4.69, 9.17) is 30.1 Å². The quantitative estimate of drug-likeness (QED) is 0.0824. The Balaban J connectivity index is 3.96. The summed E-state index contributed by atoms with van der Waals surface area (Å²) < 4.78 is 19.7. The van der Waals surface area contributed by atoms with E-state index >= 15 is 0 Å². The van der Waals surface area contributed by atoms with Gasteiger partial charge in [0, 0.05) is 13.0 Å². The zero-order valence-electron chi connectivity index (χ0n) is 19.5. The topological polar surface area (TPSA) is 182 Å². The molecule has 0 aromatic rings. The molecule has 186 valence electrons. The van der Waals surface area contributed by atoms with Crippen molar-refractivity contribution in [2.75, 3.05) is 46.1 Å². The fourth-order valence-corrected chi connectivity index (χ4v) is 2.17. The lowest BCUT2D eigenvalue weighted by Gasteiger charge is -2.24. The van der Waals surface area contributed by atoms with E-state index < -0.39 is 36.8 Å². The number of aliphatic hydroxyl groups excluding tert-OH is 1. The maximum absolute atomic E-state index is 12.1. The SMILES string of the molecule is CC(C)(C)CCCNC(=O)OCCCOC(=O)OCC(C)(CO)C(=O)OCCNC(=N)N. The Hall–Kier alpha value is -2.76. The average molecular weight is 463 g/mol. The highest BCUT2D eigenvalue weighted by Crippen LogP contribution is 2.20. The summed E-state index contributed by atoms with van der Waals surface area (Å²) in [4.78, 5) is 35.3. The normalized spacial score (nSPS) is 12.8. The highest BCUT2D eigenvalue weighted by Gasteiger charge is 2.36. The van der Waals surface area contributed by atoms with Crippen molar-refractivity contribution in [1.29, 1.82) is 5.41 Å². The van der Waals surface area contributed by atoms with Crippen LogP contribution in [0.1, 0.15) is 47.0 Å². The summed E-state index contributed by atoms with van der Waals surface area (Å²) in [5.41, 5.74) is 3.85. The van der Waals surface area contributed by atoms with E-state index in [9.17, 15) is 19.5 Å². The number of esters is 1. The molecule has 0 saturated carbocycles. The fourth-order valence-electron chi connectivity index (χ4n) is 2.17. The molecule has 0 aliphatic rings. The Morgan fingerprint density at radius 2 is 1.56 bits per heavy atom. The van der Waals surface area contributed by atoms with Gasteiger partial charge >= 0.3 is 18.2 Å². The van der Waals surface area contributed by atoms with Crippen molar-refractivity contribution < 1.29 is 38.4 Å². The van der Waals surface area contributed by atoms with Crippen molar-refractivity contribution in [3.05, 3.63) is 0 Å². The number of nitrogens with two attached hydrogens (primary N) is 1. The third-order valence-electron chi connectivity index (χ3n) is 4.12. The molecule has 32 heavy (non-hydrogen) atoms. The van der Waals surface area contributed by atoms with Crippen molar-refractivity contribution in [3.8, 4) is 0 Å². The lowest BCUT2D eigenvalue weighted by Crippen LogP contribution is -2.40. The molecule has 0 aromatic carbocycles. The minimum atomic E-state index is -1.47. The van der Waals surface area contributed by atoms with Crippen molar-refractivity contribution in [3.63, 3.8) is 0 Å². The van der Waals surface area contributed by atoms with E-state index in [0.29, 0.717) is 6.54 Å². The summed E-state index contributed by atoms with van der Waals surface area (Å²) in [5, 5.41) is 21.6. The van der Waals surface area contributed by atoms with Crippen LogP contribution < -0.4 is 16.4 Å². The minimum absolute atomic E-state index is 0.0485. The molecule has 0 saturated heterocycles. The second-order valence-corrected chi connectivity index (χ2v) is 8.66. The molecule has 1 unspecified atom stereocenters. The first-order chi connectivity index (χ1) is 14.9. The highest BCUT2D eigenvalue weighted by atomic mass is 16.7. The summed E-state index contributed by atoms with van der Waals surface area (Å²) >= 11 is 0. The van der Waals surface area contributed by atoms with Crippen LogP contribution in [0.2, 0.25) is 0 Å². The number of carbonyl (C=O) groups excluding carboxylic acids is 3. The van der Waals surface area contributed by atoms with Crippen LogP contribution in [-0.4, -0.2) is 75.4 Å². The molecule has 0 aliphatic heterocycles. The van der Waals surface area contributed by atoms with Gasteiger partial charge in [-0.05, 0) is 25.2 Å². The van der Waals surface area contributed by atoms with Gasteiger partial charge in [0.2, 0.25) is 0 Å². The predicted molar refractivity (Wildman–Crippen MR) is 116 cm³/mol. The number of nitrogens with one attached hydrogen (secondary N) is 3. The molecule has 0 bridgehead atoms. The number of guanidine groups is 1. The molecular weight excluding hydrogens is 424 g/mol. The van der Waals surface area contributed by atoms with E-state index in [1.807, 2.05) is 0 Å². The van der Waals surface area contributed by atoms with Gasteiger partial charge in [0.1, 0.15) is 18.6 Å². The van der Waals surface area contributed by atoms with Crippen LogP contribution in [0.3, 0.4) is 0 Å². The van der Waals surface area contributed by atoms with Crippen molar-refractivity contribution in [1.82, 2.24) is 10.6 Å². The second-order valence-electron chi connectivity index (χ2n) is 8.66. The molecule has 0 fully saturated rings. The minimum Gasteiger partial charge on any atom is -0.463 e. The van der Waals surface area contributed by atoms with Gasteiger partial charge in [-0.15, -0.1) is 0 Å². The summed E-state index contributed by atoms with van der Waals surface area (Å²) in [7, 11) is 0. The molecule has 0 radical (unpaired) electrons. The van der Waals surface area contributed by atoms with Crippen LogP contribution in [0.4, 0.5) is 9.59 Å². The number of carbonyl (C=O) groups is 3. The number of hydrogen-bond donors (Lipinski definition) is 5. The molecular formula is C20H38N4O8. The molecule has 0 spiro atoms. The van der Waals surface area contributed by atoms with Crippen LogP contribution in [0, 0.1) is 16.2 Å². The first kappa shape index (κ1) is 29.2. The van der Waals surface area contributed by atoms with Crippen LogP contribution in [0.5, 0.6) is 0 Å². The predicted octanol–water partition coefficient (Wildman–Crippen LogP) is 1.11. The molecule has 0 heterocycles. The van der Waals surface area contributed by atoms with E-state index in [1.165, 1.54) is 6.92 Å². The molecule has 1 atom stereocenters. The largest absolute Gasteiger partial charge is 0.508 e. The molecule has 0 aliphatic carbocycles. The van der Waals surface area contributed by atoms with Gasteiger partial charge in [0.05, 0.1) is 26.4 Å². The van der Waals surface area contributed by atoms with Crippen molar-refractivity contribution in [2.24, 2.45) is 16.6 Å². The summed E-state index contributed by atoms with van der Waals surface area (Å²) in [6.45, 7) is 7.28. The van der Waals surface area contributed by atoms with Gasteiger partial charge in [-0.2, -0.15) is 0 Å². The highest BCUT2D eigenvalue weighted by molar-refractivity contribution is 5.77. The summed E-state index contributed by atoms with van der Waals surface area (Å²) in [6.07, 6.45) is 0.545. The molecule has 6 N–H and O–H groups in total. The zero-order chi connectivity index (χ0) is 24.6. The Bertz CT molecular complexity index is 609. The third-order valence-corrected chi connectivity index (χ3v) is 4.12. The number of rotatable bonds is 14. The lowest BCUT2D eigenvalue weighted by molar-refractivity contribution is -0.160. The Labute approximate surface area is 189 Å². The molecule has 0 rings (SSSR count). The third kappa shape index (κ3) is 15.1. The summed E-state index contributed by atoms with van der Waals surface area (Å²) in [6, 6.07) is 0. The number of amides is 1. The maximum atomic E-state index is 12.1. The van der Waals surface area contributed by atoms with Crippen LogP contribution >= 0.6 is 0 Å². The van der Waals surface area contributed by atoms with Gasteiger partial charge in [0.25, 0.3) is 0 Å². The Morgan fingerprint density at radius 3 is 2.16 bits per heavy atom. The van der Waals surface area contributed by atoms with Crippen molar-refractivity contribution in [2.45, 2.75) is 47.0 Å².